The van der Waals surface area contributed by atoms with Crippen LogP contribution in [0.15, 0.2) is 76.7 Å². The highest BCUT2D eigenvalue weighted by molar-refractivity contribution is 7.89. The lowest BCUT2D eigenvalue weighted by Gasteiger charge is -2.21. The minimum absolute atomic E-state index is 0.112. The van der Waals surface area contributed by atoms with Crippen molar-refractivity contribution in [2.45, 2.75) is 36.7 Å². The Kier molecular flexibility index (Phi) is 7.31. The van der Waals surface area contributed by atoms with E-state index < -0.39 is 16.1 Å². The van der Waals surface area contributed by atoms with Crippen molar-refractivity contribution in [3.05, 3.63) is 98.5 Å². The molecule has 4 rings (SSSR count). The number of nitrogens with one attached hydrogen (secondary N) is 2. The molecule has 1 heterocycles. The molecule has 2 atom stereocenters. The van der Waals surface area contributed by atoms with E-state index in [1.165, 1.54) is 0 Å². The molecule has 9 heteroatoms. The second kappa shape index (κ2) is 10.0. The number of hydrogen-bond acceptors (Lipinski definition) is 4. The van der Waals surface area contributed by atoms with Gasteiger partial charge in [0.1, 0.15) is 0 Å². The molecule has 0 amide bonds. The molecule has 2 N–H and O–H groups in total. The van der Waals surface area contributed by atoms with Gasteiger partial charge in [0, 0.05) is 21.5 Å². The van der Waals surface area contributed by atoms with Crippen LogP contribution in [-0.4, -0.2) is 14.1 Å². The summed E-state index contributed by atoms with van der Waals surface area (Å²) in [6.07, 6.45) is 1.31. The van der Waals surface area contributed by atoms with Crippen molar-refractivity contribution in [1.29, 1.82) is 0 Å². The van der Waals surface area contributed by atoms with Gasteiger partial charge in [0.05, 0.1) is 22.7 Å². The van der Waals surface area contributed by atoms with Gasteiger partial charge >= 0.3 is 0 Å². The fraction of sp³-hybridized carbons (Fsp3) is 0.208. The van der Waals surface area contributed by atoms with Crippen LogP contribution in [0, 0.1) is 0 Å². The monoisotopic (exact) mass is 521 g/mol. The summed E-state index contributed by atoms with van der Waals surface area (Å²) in [5.41, 5.74) is 6.35. The van der Waals surface area contributed by atoms with E-state index in [4.69, 9.17) is 34.8 Å². The first-order chi connectivity index (χ1) is 15.8. The molecule has 1 aliphatic rings. The number of hydrogen-bond donors (Lipinski definition) is 2. The molecule has 1 aliphatic heterocycles. The molecule has 5 nitrogen and oxygen atoms in total. The Morgan fingerprint density at radius 1 is 1.00 bits per heavy atom. The molecule has 0 saturated heterocycles. The lowest BCUT2D eigenvalue weighted by molar-refractivity contribution is 0.576. The second-order valence-electron chi connectivity index (χ2n) is 7.76. The Balaban J connectivity index is 1.66. The molecule has 2 unspecified atom stereocenters. The number of halogens is 3. The number of sulfonamides is 1. The Bertz CT molecular complexity index is 1280. The van der Waals surface area contributed by atoms with Crippen molar-refractivity contribution in [2.24, 2.45) is 5.10 Å². The molecule has 3 aromatic rings. The Hall–Kier alpha value is -2.09. The van der Waals surface area contributed by atoms with Gasteiger partial charge in [0.15, 0.2) is 0 Å². The van der Waals surface area contributed by atoms with Crippen LogP contribution in [0.4, 0.5) is 0 Å². The number of benzene rings is 3. The van der Waals surface area contributed by atoms with Crippen LogP contribution in [0.1, 0.15) is 42.1 Å². The highest BCUT2D eigenvalue weighted by atomic mass is 35.5. The van der Waals surface area contributed by atoms with Gasteiger partial charge in [-0.25, -0.2) is 8.42 Å². The average molecular weight is 523 g/mol. The minimum Gasteiger partial charge on any atom is -0.302 e. The summed E-state index contributed by atoms with van der Waals surface area (Å²) >= 11 is 18.6. The summed E-state index contributed by atoms with van der Waals surface area (Å²) in [6.45, 7) is 2.02. The maximum atomic E-state index is 13.3. The van der Waals surface area contributed by atoms with Crippen LogP contribution in [0.2, 0.25) is 15.1 Å². The van der Waals surface area contributed by atoms with E-state index in [1.54, 1.807) is 30.3 Å². The van der Waals surface area contributed by atoms with Crippen LogP contribution >= 0.6 is 34.8 Å². The summed E-state index contributed by atoms with van der Waals surface area (Å²) in [5.74, 6) is 0. The topological polar surface area (TPSA) is 70.6 Å². The molecule has 0 bridgehead atoms. The van der Waals surface area contributed by atoms with Crippen molar-refractivity contribution in [2.75, 3.05) is 0 Å². The number of nitrogens with zero attached hydrogens (tertiary/aromatic N) is 1. The largest absolute Gasteiger partial charge is 0.302 e. The van der Waals surface area contributed by atoms with Crippen molar-refractivity contribution < 1.29 is 8.42 Å². The van der Waals surface area contributed by atoms with Crippen LogP contribution in [0.5, 0.6) is 0 Å². The summed E-state index contributed by atoms with van der Waals surface area (Å²) in [4.78, 5) is 0.176. The molecular weight excluding hydrogens is 501 g/mol. The summed E-state index contributed by atoms with van der Waals surface area (Å²) < 4.78 is 29.3. The van der Waals surface area contributed by atoms with Crippen molar-refractivity contribution in [3.63, 3.8) is 0 Å². The van der Waals surface area contributed by atoms with E-state index >= 15 is 0 Å². The van der Waals surface area contributed by atoms with Gasteiger partial charge in [-0.1, -0.05) is 72.1 Å². The zero-order valence-corrected chi connectivity index (χ0v) is 20.8. The predicted molar refractivity (Wildman–Crippen MR) is 135 cm³/mol. The van der Waals surface area contributed by atoms with Crippen LogP contribution in [0.25, 0.3) is 0 Å². The van der Waals surface area contributed by atoms with Gasteiger partial charge in [-0.3, -0.25) is 0 Å². The lowest BCUT2D eigenvalue weighted by Crippen LogP contribution is -2.33. The highest BCUT2D eigenvalue weighted by Gasteiger charge is 2.32. The first-order valence-electron chi connectivity index (χ1n) is 10.4. The lowest BCUT2D eigenvalue weighted by atomic mass is 9.96. The van der Waals surface area contributed by atoms with E-state index in [0.717, 1.165) is 17.5 Å². The SMILES string of the molecule is CCc1ccc(S(=O)(=O)NC(C2=NNC(c3ccc(Cl)cc3)C2)c2ccc(Cl)cc2Cl)cc1. The zero-order valence-electron chi connectivity index (χ0n) is 17.7. The van der Waals surface area contributed by atoms with Gasteiger partial charge in [0.2, 0.25) is 10.0 Å². The van der Waals surface area contributed by atoms with Gasteiger partial charge in [-0.15, -0.1) is 0 Å². The molecule has 0 saturated carbocycles. The summed E-state index contributed by atoms with van der Waals surface area (Å²) in [7, 11) is -3.85. The standard InChI is InChI=1S/C24H22Cl3N3O2S/c1-2-15-3-10-19(11-4-15)33(31,32)30-24(20-12-9-18(26)13-21(20)27)23-14-22(28-29-23)16-5-7-17(25)8-6-16/h3-13,22,24,28,30H,2,14H2,1H3. The minimum atomic E-state index is -3.85. The molecule has 172 valence electrons. The second-order valence-corrected chi connectivity index (χ2v) is 10.8. The van der Waals surface area contributed by atoms with Crippen molar-refractivity contribution in [1.82, 2.24) is 10.1 Å². The fourth-order valence-corrected chi connectivity index (χ4v) is 5.55. The average Bonchev–Trinajstić information content (AvgIpc) is 3.28. The normalized spacial score (nSPS) is 16.8. The van der Waals surface area contributed by atoms with Crippen LogP contribution < -0.4 is 10.1 Å². The third-order valence-electron chi connectivity index (χ3n) is 5.57. The van der Waals surface area contributed by atoms with E-state index in [0.29, 0.717) is 32.8 Å². The smallest absolute Gasteiger partial charge is 0.241 e. The quantitative estimate of drug-likeness (QED) is 0.381. The first kappa shape index (κ1) is 24.0. The van der Waals surface area contributed by atoms with E-state index in [2.05, 4.69) is 15.2 Å². The molecule has 0 spiro atoms. The number of hydrazone groups is 1. The Labute approximate surface area is 208 Å². The summed E-state index contributed by atoms with van der Waals surface area (Å²) in [5, 5.41) is 5.94. The number of aryl methyl sites for hydroxylation is 1. The van der Waals surface area contributed by atoms with Crippen LogP contribution in [0.3, 0.4) is 0 Å². The number of rotatable bonds is 7. The fourth-order valence-electron chi connectivity index (χ4n) is 3.71. The van der Waals surface area contributed by atoms with Gasteiger partial charge in [-0.05, 0) is 59.5 Å². The Morgan fingerprint density at radius 2 is 1.67 bits per heavy atom. The summed E-state index contributed by atoms with van der Waals surface area (Å²) in [6, 6.07) is 18.4. The molecule has 0 fully saturated rings. The molecular formula is C24H22Cl3N3O2S. The van der Waals surface area contributed by atoms with E-state index in [1.807, 2.05) is 43.3 Å². The maximum Gasteiger partial charge on any atom is 0.241 e. The Morgan fingerprint density at radius 3 is 2.30 bits per heavy atom. The highest BCUT2D eigenvalue weighted by Crippen LogP contribution is 2.33. The molecule has 3 aromatic carbocycles. The van der Waals surface area contributed by atoms with E-state index in [9.17, 15) is 8.42 Å². The van der Waals surface area contributed by atoms with Gasteiger partial charge in [-0.2, -0.15) is 9.82 Å². The molecule has 0 radical (unpaired) electrons. The third-order valence-corrected chi connectivity index (χ3v) is 7.82. The van der Waals surface area contributed by atoms with Crippen LogP contribution in [-0.2, 0) is 16.4 Å². The molecule has 33 heavy (non-hydrogen) atoms. The van der Waals surface area contributed by atoms with Gasteiger partial charge in [0.25, 0.3) is 0 Å². The molecule has 0 aliphatic carbocycles. The third kappa shape index (κ3) is 5.53. The maximum absolute atomic E-state index is 13.3. The predicted octanol–water partition coefficient (Wildman–Crippen LogP) is 6.32. The zero-order chi connectivity index (χ0) is 23.6. The first-order valence-corrected chi connectivity index (χ1v) is 13.0. The van der Waals surface area contributed by atoms with Gasteiger partial charge < -0.3 is 5.43 Å². The molecule has 0 aromatic heterocycles. The van der Waals surface area contributed by atoms with Crippen molar-refractivity contribution in [3.8, 4) is 0 Å². The van der Waals surface area contributed by atoms with Crippen molar-refractivity contribution >= 4 is 50.5 Å². The van der Waals surface area contributed by atoms with E-state index in [-0.39, 0.29) is 10.9 Å².